The van der Waals surface area contributed by atoms with E-state index >= 15 is 0 Å². The topological polar surface area (TPSA) is 101 Å². The summed E-state index contributed by atoms with van der Waals surface area (Å²) in [5.41, 5.74) is -2.43. The first-order valence-electron chi connectivity index (χ1n) is 6.85. The van der Waals surface area contributed by atoms with Crippen LogP contribution in [0.15, 0.2) is 29.2 Å². The van der Waals surface area contributed by atoms with Crippen molar-refractivity contribution in [3.63, 3.8) is 0 Å². The number of rotatable bonds is 5. The van der Waals surface area contributed by atoms with Crippen LogP contribution in [0.1, 0.15) is 13.3 Å². The molecule has 1 aromatic rings. The summed E-state index contributed by atoms with van der Waals surface area (Å²) < 4.78 is 14.0. The summed E-state index contributed by atoms with van der Waals surface area (Å²) in [5, 5.41) is 18.9. The SMILES string of the molecule is CC(Sc1ccc([N+](=O)[O-])cc1)C(=O)N1CCC(F)(C(=O)O)C1. The molecule has 1 aliphatic heterocycles. The van der Waals surface area contributed by atoms with Crippen molar-refractivity contribution in [2.45, 2.75) is 29.2 Å². The van der Waals surface area contributed by atoms with E-state index in [0.29, 0.717) is 4.90 Å². The minimum Gasteiger partial charge on any atom is -0.479 e. The molecule has 0 spiro atoms. The van der Waals surface area contributed by atoms with Gasteiger partial charge in [0.15, 0.2) is 0 Å². The van der Waals surface area contributed by atoms with Crippen LogP contribution in [0.5, 0.6) is 0 Å². The molecule has 0 radical (unpaired) electrons. The molecule has 2 rings (SSSR count). The number of nitrogens with zero attached hydrogens (tertiary/aromatic N) is 2. The van der Waals surface area contributed by atoms with Crippen LogP contribution in [0.4, 0.5) is 10.1 Å². The number of thioether (sulfide) groups is 1. The largest absolute Gasteiger partial charge is 0.479 e. The van der Waals surface area contributed by atoms with Crippen molar-refractivity contribution in [2.24, 2.45) is 0 Å². The highest BCUT2D eigenvalue weighted by Crippen LogP contribution is 2.30. The molecule has 124 valence electrons. The number of carbonyl (C=O) groups is 2. The maximum absolute atomic E-state index is 14.0. The van der Waals surface area contributed by atoms with Crippen molar-refractivity contribution in [3.8, 4) is 0 Å². The molecule has 9 heteroatoms. The number of likely N-dealkylation sites (tertiary alicyclic amines) is 1. The van der Waals surface area contributed by atoms with Crippen molar-refractivity contribution >= 4 is 29.3 Å². The Hall–Kier alpha value is -2.16. The number of amides is 1. The number of carboxylic acids is 1. The third-order valence-corrected chi connectivity index (χ3v) is 4.72. The Balaban J connectivity index is 1.98. The predicted molar refractivity (Wildman–Crippen MR) is 81.1 cm³/mol. The van der Waals surface area contributed by atoms with Gasteiger partial charge in [0.1, 0.15) is 0 Å². The van der Waals surface area contributed by atoms with Gasteiger partial charge in [-0.2, -0.15) is 0 Å². The number of hydrogen-bond donors (Lipinski definition) is 1. The molecular weight excluding hydrogens is 327 g/mol. The van der Waals surface area contributed by atoms with Gasteiger partial charge in [0, 0.05) is 30.0 Å². The van der Waals surface area contributed by atoms with Crippen LogP contribution in [0.2, 0.25) is 0 Å². The quantitative estimate of drug-likeness (QED) is 0.499. The van der Waals surface area contributed by atoms with Crippen molar-refractivity contribution in [1.82, 2.24) is 4.90 Å². The number of aliphatic carboxylic acids is 1. The lowest BCUT2D eigenvalue weighted by molar-refractivity contribution is -0.384. The summed E-state index contributed by atoms with van der Waals surface area (Å²) in [6.45, 7) is 1.24. The number of non-ortho nitro benzene ring substituents is 1. The molecule has 0 bridgehead atoms. The van der Waals surface area contributed by atoms with Crippen molar-refractivity contribution < 1.29 is 24.0 Å². The Kier molecular flexibility index (Phi) is 4.88. The summed E-state index contributed by atoms with van der Waals surface area (Å²) >= 11 is 1.18. The third kappa shape index (κ3) is 3.79. The van der Waals surface area contributed by atoms with E-state index in [9.17, 15) is 24.1 Å². The lowest BCUT2D eigenvalue weighted by Gasteiger charge is -2.21. The number of nitro benzene ring substituents is 1. The zero-order chi connectivity index (χ0) is 17.2. The summed E-state index contributed by atoms with van der Waals surface area (Å²) in [6, 6.07) is 5.75. The molecule has 1 fully saturated rings. The first kappa shape index (κ1) is 17.2. The Morgan fingerprint density at radius 2 is 2.04 bits per heavy atom. The van der Waals surface area contributed by atoms with Gasteiger partial charge < -0.3 is 10.0 Å². The van der Waals surface area contributed by atoms with E-state index in [0.717, 1.165) is 0 Å². The van der Waals surface area contributed by atoms with Gasteiger partial charge in [-0.1, -0.05) is 0 Å². The smallest absolute Gasteiger partial charge is 0.343 e. The van der Waals surface area contributed by atoms with Crippen LogP contribution >= 0.6 is 11.8 Å². The number of alkyl halides is 1. The zero-order valence-corrected chi connectivity index (χ0v) is 13.1. The monoisotopic (exact) mass is 342 g/mol. The molecule has 0 saturated carbocycles. The van der Waals surface area contributed by atoms with E-state index in [4.69, 9.17) is 5.11 Å². The van der Waals surface area contributed by atoms with Gasteiger partial charge in [0.2, 0.25) is 11.6 Å². The fraction of sp³-hybridized carbons (Fsp3) is 0.429. The van der Waals surface area contributed by atoms with E-state index < -0.39 is 28.4 Å². The molecule has 1 amide bonds. The number of nitro groups is 1. The molecular formula is C14H15FN2O5S. The van der Waals surface area contributed by atoms with Crippen LogP contribution in [0.25, 0.3) is 0 Å². The Bertz CT molecular complexity index is 639. The maximum atomic E-state index is 14.0. The summed E-state index contributed by atoms with van der Waals surface area (Å²) in [5.74, 6) is -1.90. The standard InChI is InChI=1S/C14H15FN2O5S/c1-9(23-11-4-2-10(3-5-11)17(21)22)12(18)16-7-6-14(15,8-16)13(19)20/h2-5,9H,6-8H2,1H3,(H,19,20). The van der Waals surface area contributed by atoms with E-state index in [1.807, 2.05) is 0 Å². The van der Waals surface area contributed by atoms with Crippen LogP contribution < -0.4 is 0 Å². The lowest BCUT2D eigenvalue weighted by atomic mass is 10.1. The average molecular weight is 342 g/mol. The molecule has 2 atom stereocenters. The zero-order valence-electron chi connectivity index (χ0n) is 12.3. The van der Waals surface area contributed by atoms with E-state index in [1.54, 1.807) is 6.92 Å². The van der Waals surface area contributed by atoms with Crippen LogP contribution in [0, 0.1) is 10.1 Å². The Morgan fingerprint density at radius 3 is 2.52 bits per heavy atom. The van der Waals surface area contributed by atoms with Gasteiger partial charge >= 0.3 is 5.97 Å². The molecule has 1 saturated heterocycles. The van der Waals surface area contributed by atoms with Crippen molar-refractivity contribution in [2.75, 3.05) is 13.1 Å². The number of carboxylic acid groups (broad SMARTS) is 1. The van der Waals surface area contributed by atoms with Gasteiger partial charge in [-0.25, -0.2) is 9.18 Å². The van der Waals surface area contributed by atoms with Gasteiger partial charge in [-0.05, 0) is 19.1 Å². The van der Waals surface area contributed by atoms with Gasteiger partial charge in [0.25, 0.3) is 5.69 Å². The first-order chi connectivity index (χ1) is 10.7. The van der Waals surface area contributed by atoms with E-state index in [-0.39, 0.29) is 24.6 Å². The summed E-state index contributed by atoms with van der Waals surface area (Å²) in [7, 11) is 0. The minimum atomic E-state index is -2.38. The summed E-state index contributed by atoms with van der Waals surface area (Å²) in [4.78, 5) is 35.1. The second-order valence-electron chi connectivity index (χ2n) is 5.29. The highest BCUT2D eigenvalue weighted by atomic mass is 32.2. The normalized spacial score (nSPS) is 21.9. The Morgan fingerprint density at radius 1 is 1.43 bits per heavy atom. The number of hydrogen-bond acceptors (Lipinski definition) is 5. The maximum Gasteiger partial charge on any atom is 0.343 e. The van der Waals surface area contributed by atoms with Gasteiger partial charge in [-0.15, -0.1) is 11.8 Å². The fourth-order valence-corrected chi connectivity index (χ4v) is 3.24. The highest BCUT2D eigenvalue weighted by Gasteiger charge is 2.47. The average Bonchev–Trinajstić information content (AvgIpc) is 2.91. The number of benzene rings is 1. The lowest BCUT2D eigenvalue weighted by Crippen LogP contribution is -2.41. The predicted octanol–water partition coefficient (Wildman–Crippen LogP) is 2.10. The molecule has 0 aromatic heterocycles. The van der Waals surface area contributed by atoms with Crippen LogP contribution in [-0.4, -0.2) is 50.8 Å². The van der Waals surface area contributed by atoms with E-state index in [1.165, 1.54) is 40.9 Å². The second-order valence-corrected chi connectivity index (χ2v) is 6.71. The van der Waals surface area contributed by atoms with E-state index in [2.05, 4.69) is 0 Å². The van der Waals surface area contributed by atoms with Gasteiger partial charge in [-0.3, -0.25) is 14.9 Å². The molecule has 1 aliphatic rings. The number of carbonyl (C=O) groups excluding carboxylic acids is 1. The second kappa shape index (κ2) is 6.53. The molecule has 1 aromatic carbocycles. The minimum absolute atomic E-state index is 0.0449. The van der Waals surface area contributed by atoms with Crippen LogP contribution in [0.3, 0.4) is 0 Å². The van der Waals surface area contributed by atoms with Crippen molar-refractivity contribution in [3.05, 3.63) is 34.4 Å². The number of halogens is 1. The molecule has 0 aliphatic carbocycles. The highest BCUT2D eigenvalue weighted by molar-refractivity contribution is 8.00. The fourth-order valence-electron chi connectivity index (χ4n) is 2.29. The molecule has 1 heterocycles. The third-order valence-electron chi connectivity index (χ3n) is 3.62. The van der Waals surface area contributed by atoms with Gasteiger partial charge in [0.05, 0.1) is 16.7 Å². The molecule has 23 heavy (non-hydrogen) atoms. The first-order valence-corrected chi connectivity index (χ1v) is 7.73. The summed E-state index contributed by atoms with van der Waals surface area (Å²) in [6.07, 6.45) is -0.219. The molecule has 2 unspecified atom stereocenters. The molecule has 7 nitrogen and oxygen atoms in total. The Labute approximate surface area is 135 Å². The van der Waals surface area contributed by atoms with Crippen molar-refractivity contribution in [1.29, 1.82) is 0 Å². The molecule has 1 N–H and O–H groups in total. The van der Waals surface area contributed by atoms with Crippen LogP contribution in [-0.2, 0) is 9.59 Å².